The zero-order valence-corrected chi connectivity index (χ0v) is 14.8. The fraction of sp³-hybridized carbons (Fsp3) is 0.600. The van der Waals surface area contributed by atoms with E-state index in [0.717, 1.165) is 30.7 Å². The molecular weight excluding hydrogens is 368 g/mol. The average molecular weight is 390 g/mol. The Morgan fingerprint density at radius 1 is 1.21 bits per heavy atom. The van der Waals surface area contributed by atoms with Crippen LogP contribution in [-0.4, -0.2) is 31.1 Å². The standard InChI is InChI=1S/C15H22Br2N2/c1-11(2)9-15(19-7-5-18-6-8-19)13-10-12(16)3-4-14(13)17/h3-4,10-11,15,18H,5-9H2,1-2H3/t15-/m1/s1. The minimum atomic E-state index is 0.508. The molecule has 0 aliphatic carbocycles. The van der Waals surface area contributed by atoms with Crippen LogP contribution in [0.3, 0.4) is 0 Å². The van der Waals surface area contributed by atoms with Crippen LogP contribution in [0.2, 0.25) is 0 Å². The maximum atomic E-state index is 3.72. The summed E-state index contributed by atoms with van der Waals surface area (Å²) in [6.45, 7) is 9.08. The summed E-state index contributed by atoms with van der Waals surface area (Å²) in [4.78, 5) is 2.61. The minimum Gasteiger partial charge on any atom is -0.314 e. The molecule has 1 saturated heterocycles. The topological polar surface area (TPSA) is 15.3 Å². The Hall–Kier alpha value is 0.1000. The number of nitrogens with one attached hydrogen (secondary N) is 1. The van der Waals surface area contributed by atoms with Gasteiger partial charge in [0.2, 0.25) is 0 Å². The number of halogens is 2. The highest BCUT2D eigenvalue weighted by Crippen LogP contribution is 2.34. The maximum absolute atomic E-state index is 3.72. The highest BCUT2D eigenvalue weighted by Gasteiger charge is 2.24. The minimum absolute atomic E-state index is 0.508. The third-order valence-electron chi connectivity index (χ3n) is 3.60. The molecule has 1 fully saturated rings. The summed E-state index contributed by atoms with van der Waals surface area (Å²) in [7, 11) is 0. The van der Waals surface area contributed by atoms with Crippen LogP contribution in [0.5, 0.6) is 0 Å². The molecule has 1 atom stereocenters. The van der Waals surface area contributed by atoms with Crippen molar-refractivity contribution in [1.82, 2.24) is 10.2 Å². The van der Waals surface area contributed by atoms with Crippen LogP contribution in [0, 0.1) is 5.92 Å². The van der Waals surface area contributed by atoms with E-state index in [1.165, 1.54) is 16.5 Å². The SMILES string of the molecule is CC(C)C[C@H](c1cc(Br)ccc1Br)N1CCNCC1. The van der Waals surface area contributed by atoms with E-state index in [1.807, 2.05) is 0 Å². The Balaban J connectivity index is 2.27. The molecule has 1 heterocycles. The summed E-state index contributed by atoms with van der Waals surface area (Å²) in [5, 5.41) is 3.44. The van der Waals surface area contributed by atoms with E-state index in [2.05, 4.69) is 74.1 Å². The Morgan fingerprint density at radius 3 is 2.53 bits per heavy atom. The number of hydrogen-bond donors (Lipinski definition) is 1. The van der Waals surface area contributed by atoms with Gasteiger partial charge in [0.05, 0.1) is 0 Å². The van der Waals surface area contributed by atoms with Gasteiger partial charge in [-0.05, 0) is 36.1 Å². The number of hydrogen-bond acceptors (Lipinski definition) is 2. The van der Waals surface area contributed by atoms with Gasteiger partial charge in [0.25, 0.3) is 0 Å². The zero-order chi connectivity index (χ0) is 13.8. The molecule has 0 unspecified atom stereocenters. The van der Waals surface area contributed by atoms with Crippen LogP contribution < -0.4 is 5.32 Å². The molecular formula is C15H22Br2N2. The molecule has 2 nitrogen and oxygen atoms in total. The normalized spacial score (nSPS) is 18.8. The third kappa shape index (κ3) is 4.28. The van der Waals surface area contributed by atoms with Gasteiger partial charge in [-0.15, -0.1) is 0 Å². The Labute approximate surface area is 133 Å². The van der Waals surface area contributed by atoms with E-state index in [-0.39, 0.29) is 0 Å². The van der Waals surface area contributed by atoms with E-state index >= 15 is 0 Å². The molecule has 4 heteroatoms. The molecule has 0 spiro atoms. The van der Waals surface area contributed by atoms with Crippen LogP contribution in [0.25, 0.3) is 0 Å². The number of piperazine rings is 1. The Morgan fingerprint density at radius 2 is 1.89 bits per heavy atom. The Kier molecular flexibility index (Phi) is 5.87. The van der Waals surface area contributed by atoms with Gasteiger partial charge in [-0.1, -0.05) is 45.7 Å². The van der Waals surface area contributed by atoms with E-state index in [0.29, 0.717) is 12.0 Å². The van der Waals surface area contributed by atoms with Gasteiger partial charge in [0.1, 0.15) is 0 Å². The van der Waals surface area contributed by atoms with E-state index in [1.54, 1.807) is 0 Å². The molecule has 0 amide bonds. The summed E-state index contributed by atoms with van der Waals surface area (Å²) in [6.07, 6.45) is 1.20. The molecule has 106 valence electrons. The second-order valence-corrected chi connectivity index (χ2v) is 7.37. The predicted octanol–water partition coefficient (Wildman–Crippen LogP) is 4.20. The molecule has 1 aromatic carbocycles. The first-order chi connectivity index (χ1) is 9.08. The number of rotatable bonds is 4. The molecule has 0 radical (unpaired) electrons. The van der Waals surface area contributed by atoms with Gasteiger partial charge in [0, 0.05) is 41.2 Å². The molecule has 0 bridgehead atoms. The monoisotopic (exact) mass is 388 g/mol. The third-order valence-corrected chi connectivity index (χ3v) is 4.82. The van der Waals surface area contributed by atoms with Crippen molar-refractivity contribution >= 4 is 31.9 Å². The summed E-state index contributed by atoms with van der Waals surface area (Å²) >= 11 is 7.33. The highest BCUT2D eigenvalue weighted by atomic mass is 79.9. The maximum Gasteiger partial charge on any atom is 0.0363 e. The van der Waals surface area contributed by atoms with Crippen molar-refractivity contribution in [3.05, 3.63) is 32.7 Å². The van der Waals surface area contributed by atoms with Gasteiger partial charge >= 0.3 is 0 Å². The van der Waals surface area contributed by atoms with Crippen molar-refractivity contribution in [2.45, 2.75) is 26.3 Å². The quantitative estimate of drug-likeness (QED) is 0.829. The first-order valence-corrected chi connectivity index (χ1v) is 8.56. The van der Waals surface area contributed by atoms with E-state index < -0.39 is 0 Å². The molecule has 1 aliphatic heterocycles. The summed E-state index contributed by atoms with van der Waals surface area (Å²) in [5.74, 6) is 0.700. The first-order valence-electron chi connectivity index (χ1n) is 6.97. The van der Waals surface area contributed by atoms with Gasteiger partial charge in [-0.25, -0.2) is 0 Å². The number of nitrogens with zero attached hydrogens (tertiary/aromatic N) is 1. The second-order valence-electron chi connectivity index (χ2n) is 5.60. The molecule has 0 aromatic heterocycles. The van der Waals surface area contributed by atoms with E-state index in [9.17, 15) is 0 Å². The Bertz CT molecular complexity index is 415. The highest BCUT2D eigenvalue weighted by molar-refractivity contribution is 9.11. The average Bonchev–Trinajstić information content (AvgIpc) is 2.40. The molecule has 0 saturated carbocycles. The summed E-state index contributed by atoms with van der Waals surface area (Å²) < 4.78 is 2.38. The fourth-order valence-corrected chi connectivity index (χ4v) is 3.57. The van der Waals surface area contributed by atoms with Crippen molar-refractivity contribution in [3.8, 4) is 0 Å². The molecule has 1 aromatic rings. The van der Waals surface area contributed by atoms with Gasteiger partial charge in [-0.2, -0.15) is 0 Å². The van der Waals surface area contributed by atoms with Crippen molar-refractivity contribution in [2.24, 2.45) is 5.92 Å². The zero-order valence-electron chi connectivity index (χ0n) is 11.6. The van der Waals surface area contributed by atoms with Gasteiger partial charge < -0.3 is 5.32 Å². The predicted molar refractivity (Wildman–Crippen MR) is 88.5 cm³/mol. The first kappa shape index (κ1) is 15.5. The second kappa shape index (κ2) is 7.21. The summed E-state index contributed by atoms with van der Waals surface area (Å²) in [5.41, 5.74) is 1.41. The van der Waals surface area contributed by atoms with Crippen LogP contribution in [0.4, 0.5) is 0 Å². The van der Waals surface area contributed by atoms with Crippen LogP contribution >= 0.6 is 31.9 Å². The lowest BCUT2D eigenvalue weighted by molar-refractivity contribution is 0.153. The molecule has 19 heavy (non-hydrogen) atoms. The smallest absolute Gasteiger partial charge is 0.0363 e. The lowest BCUT2D eigenvalue weighted by Crippen LogP contribution is -2.45. The van der Waals surface area contributed by atoms with Crippen molar-refractivity contribution in [2.75, 3.05) is 26.2 Å². The summed E-state index contributed by atoms with van der Waals surface area (Å²) in [6, 6.07) is 7.01. The number of benzene rings is 1. The lowest BCUT2D eigenvalue weighted by Gasteiger charge is -2.36. The molecule has 2 rings (SSSR count). The fourth-order valence-electron chi connectivity index (χ4n) is 2.68. The van der Waals surface area contributed by atoms with Crippen LogP contribution in [-0.2, 0) is 0 Å². The van der Waals surface area contributed by atoms with Crippen LogP contribution in [0.15, 0.2) is 27.1 Å². The van der Waals surface area contributed by atoms with Gasteiger partial charge in [-0.3, -0.25) is 4.90 Å². The van der Waals surface area contributed by atoms with E-state index in [4.69, 9.17) is 0 Å². The largest absolute Gasteiger partial charge is 0.314 e. The van der Waals surface area contributed by atoms with Crippen molar-refractivity contribution in [1.29, 1.82) is 0 Å². The lowest BCUT2D eigenvalue weighted by atomic mass is 9.95. The van der Waals surface area contributed by atoms with Crippen molar-refractivity contribution < 1.29 is 0 Å². The molecule has 1 aliphatic rings. The molecule has 1 N–H and O–H groups in total. The van der Waals surface area contributed by atoms with Crippen molar-refractivity contribution in [3.63, 3.8) is 0 Å². The van der Waals surface area contributed by atoms with Crippen LogP contribution in [0.1, 0.15) is 31.9 Å². The van der Waals surface area contributed by atoms with Gasteiger partial charge in [0.15, 0.2) is 0 Å².